The van der Waals surface area contributed by atoms with Crippen molar-refractivity contribution in [1.82, 2.24) is 0 Å². The van der Waals surface area contributed by atoms with Crippen molar-refractivity contribution in [2.75, 3.05) is 46.2 Å². The first-order valence-electron chi connectivity index (χ1n) is 19.4. The van der Waals surface area contributed by atoms with E-state index in [2.05, 4.69) is 20.8 Å². The normalized spacial score (nSPS) is 13.5. The van der Waals surface area contributed by atoms with Crippen LogP contribution in [0.4, 0.5) is 0 Å². The quantitative estimate of drug-likeness (QED) is 0.0394. The third kappa shape index (κ3) is 23.6. The van der Waals surface area contributed by atoms with E-state index in [1.54, 1.807) is 6.26 Å². The average molecular weight is 661 g/mol. The van der Waals surface area contributed by atoms with Crippen molar-refractivity contribution in [2.45, 2.75) is 190 Å². The first kappa shape index (κ1) is 47.4. The van der Waals surface area contributed by atoms with Crippen LogP contribution < -0.4 is 0 Å². The Morgan fingerprint density at radius 3 is 1.37 bits per heavy atom. The Morgan fingerprint density at radius 2 is 0.935 bits per heavy atom. The molecule has 0 aromatic carbocycles. The van der Waals surface area contributed by atoms with Crippen LogP contribution in [0.5, 0.6) is 0 Å². The Balaban J connectivity index is 0. The summed E-state index contributed by atoms with van der Waals surface area (Å²) in [4.78, 5) is 0. The average Bonchev–Trinajstić information content (AvgIpc) is 3.03. The lowest BCUT2D eigenvalue weighted by Crippen LogP contribution is -2.51. The number of ether oxygens (including phenoxy) is 7. The van der Waals surface area contributed by atoms with Crippen LogP contribution in [0.2, 0.25) is 0 Å². The second-order valence-electron chi connectivity index (χ2n) is 12.0. The molecule has 2 unspecified atom stereocenters. The Labute approximate surface area is 287 Å². The zero-order valence-corrected chi connectivity index (χ0v) is 32.4. The van der Waals surface area contributed by atoms with Crippen molar-refractivity contribution < 1.29 is 33.2 Å². The SMILES string of the molecule is CC=COCCCC(CCCCCCCC)C(C)(OCC)OCC.CCCCCCCCC(OCC)C(OCC)(OCC)OCC. The topological polar surface area (TPSA) is 64.6 Å². The Hall–Kier alpha value is -0.700. The van der Waals surface area contributed by atoms with Crippen LogP contribution >= 0.6 is 0 Å². The van der Waals surface area contributed by atoms with Crippen molar-refractivity contribution >= 4 is 0 Å². The molecule has 2 atom stereocenters. The van der Waals surface area contributed by atoms with Gasteiger partial charge in [-0.2, -0.15) is 0 Å². The van der Waals surface area contributed by atoms with E-state index < -0.39 is 11.8 Å². The maximum absolute atomic E-state index is 6.03. The van der Waals surface area contributed by atoms with Gasteiger partial charge in [0.2, 0.25) is 0 Å². The van der Waals surface area contributed by atoms with Gasteiger partial charge in [0.25, 0.3) is 0 Å². The van der Waals surface area contributed by atoms with Gasteiger partial charge in [0.1, 0.15) is 6.10 Å². The molecule has 0 aliphatic heterocycles. The van der Waals surface area contributed by atoms with E-state index in [1.807, 2.05) is 54.5 Å². The van der Waals surface area contributed by atoms with Crippen molar-refractivity contribution in [3.63, 3.8) is 0 Å². The van der Waals surface area contributed by atoms with E-state index in [9.17, 15) is 0 Å². The summed E-state index contributed by atoms with van der Waals surface area (Å²) in [5, 5.41) is 0. The maximum Gasteiger partial charge on any atom is 0.310 e. The molecular formula is C39H80O7. The van der Waals surface area contributed by atoms with Gasteiger partial charge in [-0.1, -0.05) is 97.0 Å². The lowest BCUT2D eigenvalue weighted by Gasteiger charge is -2.38. The summed E-state index contributed by atoms with van der Waals surface area (Å²) in [6.07, 6.45) is 23.3. The van der Waals surface area contributed by atoms with Crippen molar-refractivity contribution in [2.24, 2.45) is 5.92 Å². The number of hydrogen-bond donors (Lipinski definition) is 0. The molecule has 0 heterocycles. The lowest BCUT2D eigenvalue weighted by atomic mass is 9.88. The molecule has 0 aromatic heterocycles. The number of rotatable bonds is 33. The van der Waals surface area contributed by atoms with Crippen LogP contribution in [-0.4, -0.2) is 64.1 Å². The molecule has 0 amide bonds. The molecule has 0 aliphatic carbocycles. The van der Waals surface area contributed by atoms with Gasteiger partial charge in [-0.3, -0.25) is 0 Å². The zero-order chi connectivity index (χ0) is 34.8. The Morgan fingerprint density at radius 1 is 0.500 bits per heavy atom. The van der Waals surface area contributed by atoms with E-state index >= 15 is 0 Å². The molecule has 0 aromatic rings. The van der Waals surface area contributed by atoms with Gasteiger partial charge < -0.3 is 33.2 Å². The maximum atomic E-state index is 6.03. The molecule has 0 spiro atoms. The predicted molar refractivity (Wildman–Crippen MR) is 194 cm³/mol. The van der Waals surface area contributed by atoms with Gasteiger partial charge in [-0.15, -0.1) is 0 Å². The van der Waals surface area contributed by atoms with E-state index in [0.29, 0.717) is 45.6 Å². The molecule has 0 N–H and O–H groups in total. The summed E-state index contributed by atoms with van der Waals surface area (Å²) < 4.78 is 41.0. The summed E-state index contributed by atoms with van der Waals surface area (Å²) in [5.74, 6) is -1.09. The molecule has 0 saturated carbocycles. The fraction of sp³-hybridized carbons (Fsp3) is 0.949. The van der Waals surface area contributed by atoms with Crippen LogP contribution in [-0.2, 0) is 33.2 Å². The van der Waals surface area contributed by atoms with Gasteiger partial charge in [-0.05, 0) is 81.1 Å². The third-order valence-corrected chi connectivity index (χ3v) is 8.18. The summed E-state index contributed by atoms with van der Waals surface area (Å²) in [7, 11) is 0. The lowest BCUT2D eigenvalue weighted by molar-refractivity contribution is -0.415. The molecule has 0 saturated heterocycles. The molecule has 46 heavy (non-hydrogen) atoms. The van der Waals surface area contributed by atoms with Gasteiger partial charge in [0, 0.05) is 45.6 Å². The molecule has 0 rings (SSSR count). The summed E-state index contributed by atoms with van der Waals surface area (Å²) in [6, 6.07) is 0. The molecule has 7 nitrogen and oxygen atoms in total. The monoisotopic (exact) mass is 661 g/mol. The van der Waals surface area contributed by atoms with Crippen molar-refractivity contribution in [3.8, 4) is 0 Å². The van der Waals surface area contributed by atoms with Crippen LogP contribution in [0.1, 0.15) is 172 Å². The summed E-state index contributed by atoms with van der Waals surface area (Å²) in [5.41, 5.74) is 0. The van der Waals surface area contributed by atoms with E-state index in [1.165, 1.54) is 77.0 Å². The predicted octanol–water partition coefficient (Wildman–Crippen LogP) is 11.4. The standard InChI is InChI=1S/C21H42O3.C18H38O4/c1-6-10-11-12-13-14-16-20(17-15-19-22-18-7-2)21(5,23-8-3)24-9-4;1-6-11-12-13-14-15-16-17(19-7-2)18(20-8-3,21-9-4)22-10-5/h7,18,20H,6,8-17,19H2,1-5H3;17H,6-16H2,1-5H3. The van der Waals surface area contributed by atoms with E-state index in [-0.39, 0.29) is 6.10 Å². The van der Waals surface area contributed by atoms with E-state index in [4.69, 9.17) is 33.2 Å². The van der Waals surface area contributed by atoms with Gasteiger partial charge in [0.05, 0.1) is 12.9 Å². The highest BCUT2D eigenvalue weighted by molar-refractivity contribution is 4.77. The summed E-state index contributed by atoms with van der Waals surface area (Å²) >= 11 is 0. The third-order valence-electron chi connectivity index (χ3n) is 8.18. The highest BCUT2D eigenvalue weighted by Crippen LogP contribution is 2.32. The zero-order valence-electron chi connectivity index (χ0n) is 32.4. The highest BCUT2D eigenvalue weighted by atomic mass is 16.9. The smallest absolute Gasteiger partial charge is 0.310 e. The van der Waals surface area contributed by atoms with Crippen molar-refractivity contribution in [3.05, 3.63) is 12.3 Å². The van der Waals surface area contributed by atoms with E-state index in [0.717, 1.165) is 32.3 Å². The van der Waals surface area contributed by atoms with Crippen LogP contribution in [0.25, 0.3) is 0 Å². The minimum atomic E-state index is -1.06. The molecule has 0 fully saturated rings. The summed E-state index contributed by atoms with van der Waals surface area (Å²) in [6.45, 7) is 25.0. The molecule has 0 aliphatic rings. The Kier molecular flexibility index (Phi) is 35.2. The van der Waals surface area contributed by atoms with Gasteiger partial charge >= 0.3 is 5.97 Å². The highest BCUT2D eigenvalue weighted by Gasteiger charge is 2.42. The van der Waals surface area contributed by atoms with Crippen LogP contribution in [0.3, 0.4) is 0 Å². The second-order valence-corrected chi connectivity index (χ2v) is 12.0. The minimum absolute atomic E-state index is 0.177. The number of allylic oxidation sites excluding steroid dienone is 1. The van der Waals surface area contributed by atoms with Gasteiger partial charge in [-0.25, -0.2) is 0 Å². The molecule has 278 valence electrons. The largest absolute Gasteiger partial charge is 0.502 e. The molecular weight excluding hydrogens is 580 g/mol. The Bertz CT molecular complexity index is 604. The van der Waals surface area contributed by atoms with Gasteiger partial charge in [0.15, 0.2) is 5.79 Å². The van der Waals surface area contributed by atoms with Crippen molar-refractivity contribution in [1.29, 1.82) is 0 Å². The molecule has 0 bridgehead atoms. The first-order chi connectivity index (χ1) is 22.3. The fourth-order valence-electron chi connectivity index (χ4n) is 5.95. The minimum Gasteiger partial charge on any atom is -0.502 e. The van der Waals surface area contributed by atoms with Crippen LogP contribution in [0, 0.1) is 5.92 Å². The molecule has 0 radical (unpaired) electrons. The van der Waals surface area contributed by atoms with Crippen LogP contribution in [0.15, 0.2) is 12.3 Å². The number of unbranched alkanes of at least 4 members (excludes halogenated alkanes) is 10. The fourth-order valence-corrected chi connectivity index (χ4v) is 5.95. The molecule has 7 heteroatoms. The first-order valence-corrected chi connectivity index (χ1v) is 19.4. The number of hydrogen-bond acceptors (Lipinski definition) is 7. The second kappa shape index (κ2) is 34.2.